The number of carbonyl (C=O) groups is 2. The van der Waals surface area contributed by atoms with E-state index in [0.717, 1.165) is 5.56 Å². The second kappa shape index (κ2) is 8.20. The third-order valence-corrected chi connectivity index (χ3v) is 4.02. The Morgan fingerprint density at radius 2 is 1.62 bits per heavy atom. The molecular formula is C17H21N3O4. The third-order valence-electron chi connectivity index (χ3n) is 4.02. The normalized spacial score (nSPS) is 14.0. The Morgan fingerprint density at radius 1 is 1.04 bits per heavy atom. The fraction of sp³-hybridized carbons (Fsp3) is 0.471. The van der Waals surface area contributed by atoms with Crippen LogP contribution in [-0.2, 0) is 16.0 Å². The van der Waals surface area contributed by atoms with Crippen molar-refractivity contribution in [3.63, 3.8) is 0 Å². The molecule has 1 saturated heterocycles. The molecule has 24 heavy (non-hydrogen) atoms. The van der Waals surface area contributed by atoms with Crippen molar-refractivity contribution in [1.29, 1.82) is 5.26 Å². The smallest absolute Gasteiger partial charge is 0.236 e. The van der Waals surface area contributed by atoms with E-state index in [-0.39, 0.29) is 24.7 Å². The molecule has 0 radical (unpaired) electrons. The molecule has 7 nitrogen and oxygen atoms in total. The lowest BCUT2D eigenvalue weighted by Crippen LogP contribution is -2.50. The maximum absolute atomic E-state index is 12.4. The van der Waals surface area contributed by atoms with Gasteiger partial charge in [0.25, 0.3) is 0 Å². The zero-order valence-corrected chi connectivity index (χ0v) is 13.9. The summed E-state index contributed by atoms with van der Waals surface area (Å²) in [6.07, 6.45) is 0.159. The summed E-state index contributed by atoms with van der Waals surface area (Å²) in [4.78, 5) is 27.5. The average molecular weight is 331 g/mol. The van der Waals surface area contributed by atoms with Gasteiger partial charge in [0.1, 0.15) is 6.42 Å². The molecule has 1 aromatic carbocycles. The lowest BCUT2D eigenvalue weighted by Gasteiger charge is -2.34. The lowest BCUT2D eigenvalue weighted by molar-refractivity contribution is -0.138. The van der Waals surface area contributed by atoms with Crippen molar-refractivity contribution in [1.82, 2.24) is 9.80 Å². The zero-order valence-electron chi connectivity index (χ0n) is 13.9. The summed E-state index contributed by atoms with van der Waals surface area (Å²) in [5.41, 5.74) is 0.848. The molecule has 128 valence electrons. The molecule has 0 atom stereocenters. The maximum Gasteiger partial charge on any atom is 0.236 e. The number of methoxy groups -OCH3 is 2. The first-order chi connectivity index (χ1) is 11.6. The molecule has 2 rings (SSSR count). The van der Waals surface area contributed by atoms with Gasteiger partial charge in [0.2, 0.25) is 11.8 Å². The Kier molecular flexibility index (Phi) is 6.01. The molecule has 0 aromatic heterocycles. The van der Waals surface area contributed by atoms with E-state index < -0.39 is 0 Å². The van der Waals surface area contributed by atoms with Gasteiger partial charge in [0, 0.05) is 26.2 Å². The average Bonchev–Trinajstić information content (AvgIpc) is 2.61. The number of amides is 2. The maximum atomic E-state index is 12.4. The van der Waals surface area contributed by atoms with E-state index in [1.54, 1.807) is 36.2 Å². The highest BCUT2D eigenvalue weighted by Crippen LogP contribution is 2.27. The van der Waals surface area contributed by atoms with E-state index >= 15 is 0 Å². The molecule has 0 saturated carbocycles. The van der Waals surface area contributed by atoms with Gasteiger partial charge in [-0.2, -0.15) is 5.26 Å². The number of rotatable bonds is 5. The molecule has 1 aliphatic heterocycles. The van der Waals surface area contributed by atoms with Gasteiger partial charge in [-0.25, -0.2) is 0 Å². The summed E-state index contributed by atoms with van der Waals surface area (Å²) in [6, 6.07) is 7.27. The van der Waals surface area contributed by atoms with Crippen LogP contribution < -0.4 is 9.47 Å². The van der Waals surface area contributed by atoms with Crippen LogP contribution in [0.25, 0.3) is 0 Å². The van der Waals surface area contributed by atoms with Crippen molar-refractivity contribution < 1.29 is 19.1 Å². The molecule has 7 heteroatoms. The molecule has 0 spiro atoms. The van der Waals surface area contributed by atoms with Gasteiger partial charge in [-0.05, 0) is 17.7 Å². The highest BCUT2D eigenvalue weighted by molar-refractivity contribution is 5.81. The molecule has 0 N–H and O–H groups in total. The predicted molar refractivity (Wildman–Crippen MR) is 86.6 cm³/mol. The van der Waals surface area contributed by atoms with Crippen LogP contribution in [0.3, 0.4) is 0 Å². The van der Waals surface area contributed by atoms with E-state index in [9.17, 15) is 9.59 Å². The summed E-state index contributed by atoms with van der Waals surface area (Å²) in [7, 11) is 3.12. The number of nitriles is 1. The van der Waals surface area contributed by atoms with E-state index in [1.807, 2.05) is 12.1 Å². The van der Waals surface area contributed by atoms with Gasteiger partial charge in [-0.1, -0.05) is 6.07 Å². The van der Waals surface area contributed by atoms with Crippen LogP contribution in [0, 0.1) is 11.3 Å². The first-order valence-corrected chi connectivity index (χ1v) is 7.72. The van der Waals surface area contributed by atoms with Crippen molar-refractivity contribution in [3.05, 3.63) is 23.8 Å². The van der Waals surface area contributed by atoms with Gasteiger partial charge >= 0.3 is 0 Å². The van der Waals surface area contributed by atoms with Crippen LogP contribution in [0.2, 0.25) is 0 Å². The third kappa shape index (κ3) is 4.16. The fourth-order valence-corrected chi connectivity index (χ4v) is 2.66. The zero-order chi connectivity index (χ0) is 17.5. The minimum Gasteiger partial charge on any atom is -0.493 e. The van der Waals surface area contributed by atoms with Crippen LogP contribution in [0.4, 0.5) is 0 Å². The molecule has 1 fully saturated rings. The number of hydrogen-bond acceptors (Lipinski definition) is 5. The number of benzene rings is 1. The van der Waals surface area contributed by atoms with Crippen LogP contribution in [0.1, 0.15) is 12.0 Å². The predicted octanol–water partition coefficient (Wildman–Crippen LogP) is 0.831. The molecule has 1 aromatic rings. The first kappa shape index (κ1) is 17.6. The summed E-state index contributed by atoms with van der Waals surface area (Å²) in [5, 5.41) is 8.57. The minimum atomic E-state index is -0.176. The largest absolute Gasteiger partial charge is 0.493 e. The monoisotopic (exact) mass is 331 g/mol. The minimum absolute atomic E-state index is 0.00889. The topological polar surface area (TPSA) is 82.9 Å². The van der Waals surface area contributed by atoms with Crippen LogP contribution >= 0.6 is 0 Å². The van der Waals surface area contributed by atoms with Crippen molar-refractivity contribution in [2.75, 3.05) is 40.4 Å². The SMILES string of the molecule is COc1ccc(CC(=O)N2CCN(C(=O)CC#N)CC2)cc1OC. The fourth-order valence-electron chi connectivity index (χ4n) is 2.66. The molecular weight excluding hydrogens is 310 g/mol. The highest BCUT2D eigenvalue weighted by Gasteiger charge is 2.24. The lowest BCUT2D eigenvalue weighted by atomic mass is 10.1. The Labute approximate surface area is 141 Å². The van der Waals surface area contributed by atoms with Gasteiger partial charge in [-0.3, -0.25) is 9.59 Å². The number of piperazine rings is 1. The summed E-state index contributed by atoms with van der Waals surface area (Å²) >= 11 is 0. The van der Waals surface area contributed by atoms with Gasteiger partial charge in [-0.15, -0.1) is 0 Å². The Hall–Kier alpha value is -2.75. The standard InChI is InChI=1S/C17H21N3O4/c1-23-14-4-3-13(11-15(14)24-2)12-17(22)20-9-7-19(8-10-20)16(21)5-6-18/h3-4,11H,5,7-10,12H2,1-2H3. The molecule has 2 amide bonds. The molecule has 0 bridgehead atoms. The molecule has 0 unspecified atom stereocenters. The van der Waals surface area contributed by atoms with Crippen LogP contribution in [0.5, 0.6) is 11.5 Å². The van der Waals surface area contributed by atoms with Gasteiger partial charge < -0.3 is 19.3 Å². The van der Waals surface area contributed by atoms with Crippen LogP contribution in [-0.4, -0.2) is 62.0 Å². The Balaban J connectivity index is 1.92. The van der Waals surface area contributed by atoms with Gasteiger partial charge in [0.05, 0.1) is 26.7 Å². The van der Waals surface area contributed by atoms with Crippen molar-refractivity contribution in [2.24, 2.45) is 0 Å². The van der Waals surface area contributed by atoms with E-state index in [1.165, 1.54) is 0 Å². The van der Waals surface area contributed by atoms with Crippen molar-refractivity contribution >= 4 is 11.8 Å². The highest BCUT2D eigenvalue weighted by atomic mass is 16.5. The van der Waals surface area contributed by atoms with Crippen molar-refractivity contribution in [2.45, 2.75) is 12.8 Å². The van der Waals surface area contributed by atoms with E-state index in [4.69, 9.17) is 14.7 Å². The quantitative estimate of drug-likeness (QED) is 0.798. The van der Waals surface area contributed by atoms with E-state index in [0.29, 0.717) is 37.7 Å². The van der Waals surface area contributed by atoms with Crippen molar-refractivity contribution in [3.8, 4) is 17.6 Å². The first-order valence-electron chi connectivity index (χ1n) is 7.72. The summed E-state index contributed by atoms with van der Waals surface area (Å²) < 4.78 is 10.4. The number of ether oxygens (including phenoxy) is 2. The van der Waals surface area contributed by atoms with E-state index in [2.05, 4.69) is 0 Å². The van der Waals surface area contributed by atoms with Crippen LogP contribution in [0.15, 0.2) is 18.2 Å². The summed E-state index contributed by atoms with van der Waals surface area (Å²) in [6.45, 7) is 1.92. The Bertz CT molecular complexity index is 646. The summed E-state index contributed by atoms with van der Waals surface area (Å²) in [5.74, 6) is 1.05. The Morgan fingerprint density at radius 3 is 2.17 bits per heavy atom. The second-order valence-corrected chi connectivity index (χ2v) is 5.46. The number of nitrogens with zero attached hydrogens (tertiary/aromatic N) is 3. The second-order valence-electron chi connectivity index (χ2n) is 5.46. The number of hydrogen-bond donors (Lipinski definition) is 0. The molecule has 0 aliphatic carbocycles. The molecule has 1 heterocycles. The van der Waals surface area contributed by atoms with Gasteiger partial charge in [0.15, 0.2) is 11.5 Å². The molecule has 1 aliphatic rings. The number of carbonyl (C=O) groups excluding carboxylic acids is 2.